The molecule has 0 radical (unpaired) electrons. The van der Waals surface area contributed by atoms with E-state index in [1.165, 1.54) is 12.1 Å². The van der Waals surface area contributed by atoms with Crippen LogP contribution in [0.1, 0.15) is 21.6 Å². The van der Waals surface area contributed by atoms with E-state index in [-0.39, 0.29) is 5.56 Å². The number of nitrogens with zero attached hydrogens (tertiary/aromatic N) is 2. The average molecular weight is 309 g/mol. The van der Waals surface area contributed by atoms with Crippen LogP contribution in [-0.2, 0) is 0 Å². The Morgan fingerprint density at radius 1 is 1.09 bits per heavy atom. The van der Waals surface area contributed by atoms with Crippen LogP contribution in [-0.4, -0.2) is 15.7 Å². The lowest BCUT2D eigenvalue weighted by Gasteiger charge is -2.09. The van der Waals surface area contributed by atoms with Gasteiger partial charge in [0.1, 0.15) is 11.6 Å². The fourth-order valence-corrected chi connectivity index (χ4v) is 2.30. The predicted octanol–water partition coefficient (Wildman–Crippen LogP) is 3.88. The molecule has 1 aromatic heterocycles. The van der Waals surface area contributed by atoms with Gasteiger partial charge in [0.25, 0.3) is 5.91 Å². The quantitative estimate of drug-likeness (QED) is 0.798. The molecular formula is C18H16FN3O. The Morgan fingerprint density at radius 3 is 2.48 bits per heavy atom. The van der Waals surface area contributed by atoms with Gasteiger partial charge in [-0.25, -0.2) is 9.07 Å². The van der Waals surface area contributed by atoms with Crippen molar-refractivity contribution in [2.45, 2.75) is 13.8 Å². The summed E-state index contributed by atoms with van der Waals surface area (Å²) in [7, 11) is 0. The first-order valence-corrected chi connectivity index (χ1v) is 7.24. The van der Waals surface area contributed by atoms with Crippen LogP contribution in [0.2, 0.25) is 0 Å². The first kappa shape index (κ1) is 15.0. The summed E-state index contributed by atoms with van der Waals surface area (Å²) in [5, 5.41) is 7.11. The summed E-state index contributed by atoms with van der Waals surface area (Å²) in [6, 6.07) is 15.4. The van der Waals surface area contributed by atoms with E-state index in [1.54, 1.807) is 22.9 Å². The molecule has 23 heavy (non-hydrogen) atoms. The number of hydrogen-bond acceptors (Lipinski definition) is 2. The van der Waals surface area contributed by atoms with E-state index >= 15 is 0 Å². The van der Waals surface area contributed by atoms with Crippen LogP contribution >= 0.6 is 0 Å². The van der Waals surface area contributed by atoms with Gasteiger partial charge in [-0.15, -0.1) is 0 Å². The molecule has 0 aliphatic carbocycles. The zero-order valence-corrected chi connectivity index (χ0v) is 12.9. The van der Waals surface area contributed by atoms with Crippen LogP contribution in [0.3, 0.4) is 0 Å². The van der Waals surface area contributed by atoms with E-state index in [9.17, 15) is 9.18 Å². The lowest BCUT2D eigenvalue weighted by atomic mass is 10.2. The third kappa shape index (κ3) is 3.13. The highest BCUT2D eigenvalue weighted by atomic mass is 19.1. The molecule has 2 aromatic carbocycles. The number of carbonyl (C=O) groups is 1. The molecule has 0 unspecified atom stereocenters. The number of aromatic nitrogens is 2. The maximum Gasteiger partial charge on any atom is 0.259 e. The van der Waals surface area contributed by atoms with Gasteiger partial charge >= 0.3 is 0 Å². The number of carbonyl (C=O) groups excluding carboxylic acids is 1. The van der Waals surface area contributed by atoms with Gasteiger partial charge < -0.3 is 5.32 Å². The number of anilines is 1. The smallest absolute Gasteiger partial charge is 0.259 e. The van der Waals surface area contributed by atoms with Gasteiger partial charge in [0, 0.05) is 6.07 Å². The monoisotopic (exact) mass is 309 g/mol. The Morgan fingerprint density at radius 2 is 1.78 bits per heavy atom. The van der Waals surface area contributed by atoms with Gasteiger partial charge in [0.05, 0.1) is 16.9 Å². The Bertz CT molecular complexity index is 853. The molecule has 3 rings (SSSR count). The van der Waals surface area contributed by atoms with Crippen molar-refractivity contribution >= 4 is 11.7 Å². The summed E-state index contributed by atoms with van der Waals surface area (Å²) in [6.07, 6.45) is 0. The predicted molar refractivity (Wildman–Crippen MR) is 87.4 cm³/mol. The van der Waals surface area contributed by atoms with Crippen molar-refractivity contribution in [3.05, 3.63) is 77.2 Å². The third-order valence-corrected chi connectivity index (χ3v) is 3.47. The SMILES string of the molecule is Cc1ccc(-n2nc(C)cc2NC(=O)c2ccccc2F)cc1. The highest BCUT2D eigenvalue weighted by Gasteiger charge is 2.15. The molecule has 0 spiro atoms. The van der Waals surface area contributed by atoms with Crippen molar-refractivity contribution in [2.75, 3.05) is 5.32 Å². The molecule has 3 aromatic rings. The van der Waals surface area contributed by atoms with Crippen LogP contribution in [0.25, 0.3) is 5.69 Å². The lowest BCUT2D eigenvalue weighted by Crippen LogP contribution is -2.16. The largest absolute Gasteiger partial charge is 0.306 e. The van der Waals surface area contributed by atoms with Crippen molar-refractivity contribution in [1.29, 1.82) is 0 Å². The van der Waals surface area contributed by atoms with E-state index in [0.717, 1.165) is 16.9 Å². The van der Waals surface area contributed by atoms with Crippen molar-refractivity contribution in [2.24, 2.45) is 0 Å². The third-order valence-electron chi connectivity index (χ3n) is 3.47. The Balaban J connectivity index is 1.93. The van der Waals surface area contributed by atoms with Gasteiger partial charge in [-0.05, 0) is 38.1 Å². The molecule has 0 bridgehead atoms. The van der Waals surface area contributed by atoms with Crippen molar-refractivity contribution in [1.82, 2.24) is 9.78 Å². The molecule has 1 amide bonds. The Hall–Kier alpha value is -2.95. The van der Waals surface area contributed by atoms with E-state index in [4.69, 9.17) is 0 Å². The van der Waals surface area contributed by atoms with Gasteiger partial charge in [0.15, 0.2) is 0 Å². The molecule has 0 atom stereocenters. The van der Waals surface area contributed by atoms with Gasteiger partial charge in [0.2, 0.25) is 0 Å². The maximum absolute atomic E-state index is 13.7. The summed E-state index contributed by atoms with van der Waals surface area (Å²) < 4.78 is 15.4. The molecule has 116 valence electrons. The maximum atomic E-state index is 13.7. The average Bonchev–Trinajstić information content (AvgIpc) is 2.89. The molecule has 4 nitrogen and oxygen atoms in total. The zero-order chi connectivity index (χ0) is 16.4. The molecule has 0 fully saturated rings. The highest BCUT2D eigenvalue weighted by molar-refractivity contribution is 6.04. The second kappa shape index (κ2) is 6.04. The van der Waals surface area contributed by atoms with Crippen LogP contribution in [0.5, 0.6) is 0 Å². The second-order valence-electron chi connectivity index (χ2n) is 5.35. The molecule has 0 saturated heterocycles. The number of rotatable bonds is 3. The molecule has 5 heteroatoms. The van der Waals surface area contributed by atoms with E-state index in [0.29, 0.717) is 5.82 Å². The zero-order valence-electron chi connectivity index (χ0n) is 12.9. The highest BCUT2D eigenvalue weighted by Crippen LogP contribution is 2.19. The second-order valence-corrected chi connectivity index (χ2v) is 5.35. The van der Waals surface area contributed by atoms with Gasteiger partial charge in [-0.2, -0.15) is 5.10 Å². The summed E-state index contributed by atoms with van der Waals surface area (Å²) in [5.74, 6) is -0.556. The van der Waals surface area contributed by atoms with Gasteiger partial charge in [-0.3, -0.25) is 4.79 Å². The molecule has 0 aliphatic heterocycles. The van der Waals surface area contributed by atoms with Crippen LogP contribution in [0, 0.1) is 19.7 Å². The summed E-state index contributed by atoms with van der Waals surface area (Å²) >= 11 is 0. The lowest BCUT2D eigenvalue weighted by molar-refractivity contribution is 0.102. The molecule has 1 N–H and O–H groups in total. The number of nitrogens with one attached hydrogen (secondary N) is 1. The molecule has 1 heterocycles. The summed E-state index contributed by atoms with van der Waals surface area (Å²) in [5.41, 5.74) is 2.72. The number of halogens is 1. The van der Waals surface area contributed by atoms with E-state index in [2.05, 4.69) is 10.4 Å². The minimum atomic E-state index is -0.553. The topological polar surface area (TPSA) is 46.9 Å². The fourth-order valence-electron chi connectivity index (χ4n) is 2.30. The minimum absolute atomic E-state index is 0.00168. The van der Waals surface area contributed by atoms with Gasteiger partial charge in [-0.1, -0.05) is 29.8 Å². The first-order chi connectivity index (χ1) is 11.0. The normalized spacial score (nSPS) is 10.6. The Kier molecular flexibility index (Phi) is 3.93. The van der Waals surface area contributed by atoms with Crippen molar-refractivity contribution in [3.8, 4) is 5.69 Å². The van der Waals surface area contributed by atoms with Crippen LogP contribution in [0.4, 0.5) is 10.2 Å². The number of aryl methyl sites for hydroxylation is 2. The number of hydrogen-bond donors (Lipinski definition) is 1. The number of amides is 1. The fraction of sp³-hybridized carbons (Fsp3) is 0.111. The van der Waals surface area contributed by atoms with Crippen LogP contribution in [0.15, 0.2) is 54.6 Å². The summed E-state index contributed by atoms with van der Waals surface area (Å²) in [4.78, 5) is 12.3. The number of benzene rings is 2. The Labute approximate surface area is 133 Å². The van der Waals surface area contributed by atoms with Crippen LogP contribution < -0.4 is 5.32 Å². The minimum Gasteiger partial charge on any atom is -0.306 e. The molecule has 0 aliphatic rings. The van der Waals surface area contributed by atoms with E-state index in [1.807, 2.05) is 38.1 Å². The van der Waals surface area contributed by atoms with Crippen molar-refractivity contribution in [3.63, 3.8) is 0 Å². The standard InChI is InChI=1S/C18H16FN3O/c1-12-7-9-14(10-8-12)22-17(11-13(2)21-22)20-18(23)15-5-3-4-6-16(15)19/h3-11H,1-2H3,(H,20,23). The molecule has 0 saturated carbocycles. The molecular weight excluding hydrogens is 293 g/mol. The van der Waals surface area contributed by atoms with E-state index < -0.39 is 11.7 Å². The summed E-state index contributed by atoms with van der Waals surface area (Å²) in [6.45, 7) is 3.84. The van der Waals surface area contributed by atoms with Crippen molar-refractivity contribution < 1.29 is 9.18 Å². The first-order valence-electron chi connectivity index (χ1n) is 7.24.